The molecular formula is C43H59ClN4O12. The summed E-state index contributed by atoms with van der Waals surface area (Å²) in [6.07, 6.45) is 5.13. The SMILES string of the molecule is COc1cc2cc(c1Cl)N(C)C(=O)CC(OC(=O)C(C)N(C)C(=O)CCCCCN1C(=O)C=CCC1O)C1(C)OC1C(C)C1CC(O)(NC(=O)O1)C(OC)C=CC=C(C)C2. The highest BCUT2D eigenvalue weighted by Gasteiger charge is 2.64. The van der Waals surface area contributed by atoms with Crippen LogP contribution in [0.4, 0.5) is 10.5 Å². The number of fused-ring (bicyclic) bond motifs is 5. The van der Waals surface area contributed by atoms with Crippen LogP contribution in [-0.4, -0.2) is 133 Å². The minimum atomic E-state index is -1.85. The molecule has 9 atom stereocenters. The maximum atomic E-state index is 14.2. The summed E-state index contributed by atoms with van der Waals surface area (Å²) < 4.78 is 29.3. The Balaban J connectivity index is 1.37. The van der Waals surface area contributed by atoms with Crippen LogP contribution in [0, 0.1) is 5.92 Å². The van der Waals surface area contributed by atoms with Crippen LogP contribution < -0.4 is 15.0 Å². The smallest absolute Gasteiger partial charge is 0.409 e. The molecule has 3 N–H and O–H groups in total. The number of rotatable bonds is 11. The number of hydrogen-bond donors (Lipinski definition) is 3. The molecule has 4 heterocycles. The maximum absolute atomic E-state index is 14.2. The second kappa shape index (κ2) is 19.5. The molecule has 2 fully saturated rings. The van der Waals surface area contributed by atoms with Gasteiger partial charge in [0, 0.05) is 52.9 Å². The van der Waals surface area contributed by atoms with Crippen molar-refractivity contribution in [2.45, 2.75) is 127 Å². The van der Waals surface area contributed by atoms with Gasteiger partial charge >= 0.3 is 12.1 Å². The van der Waals surface area contributed by atoms with Gasteiger partial charge in [0.25, 0.3) is 0 Å². The van der Waals surface area contributed by atoms with E-state index in [1.54, 1.807) is 51.3 Å². The lowest BCUT2D eigenvalue weighted by Crippen LogP contribution is -2.63. The van der Waals surface area contributed by atoms with E-state index in [0.717, 1.165) is 11.1 Å². The van der Waals surface area contributed by atoms with Gasteiger partial charge in [0.15, 0.2) is 5.72 Å². The number of nitrogens with one attached hydrogen (secondary N) is 1. The molecule has 17 heteroatoms. The molecule has 1 aromatic rings. The van der Waals surface area contributed by atoms with Gasteiger partial charge in [0.05, 0.1) is 25.3 Å². The topological polar surface area (TPSA) is 197 Å². The van der Waals surface area contributed by atoms with E-state index in [9.17, 15) is 34.2 Å². The monoisotopic (exact) mass is 858 g/mol. The highest BCUT2D eigenvalue weighted by atomic mass is 35.5. The molecule has 0 saturated carbocycles. The summed E-state index contributed by atoms with van der Waals surface area (Å²) in [5, 5.41) is 24.6. The van der Waals surface area contributed by atoms with E-state index in [2.05, 4.69) is 5.32 Å². The van der Waals surface area contributed by atoms with E-state index in [-0.39, 0.29) is 36.1 Å². The number of likely N-dealkylation sites (N-methyl/N-ethyl adjacent to an activating group) is 1. The van der Waals surface area contributed by atoms with E-state index in [4.69, 9.17) is 35.3 Å². The zero-order valence-corrected chi connectivity index (χ0v) is 36.4. The van der Waals surface area contributed by atoms with Crippen LogP contribution in [0.2, 0.25) is 5.02 Å². The minimum Gasteiger partial charge on any atom is -0.495 e. The van der Waals surface area contributed by atoms with Gasteiger partial charge in [-0.2, -0.15) is 0 Å². The molecule has 4 amide bonds. The summed E-state index contributed by atoms with van der Waals surface area (Å²) in [6.45, 7) is 7.30. The Morgan fingerprint density at radius 3 is 2.58 bits per heavy atom. The number of methoxy groups -OCH3 is 2. The van der Waals surface area contributed by atoms with Gasteiger partial charge in [-0.25, -0.2) is 9.59 Å². The summed E-state index contributed by atoms with van der Waals surface area (Å²) in [7, 11) is 5.97. The zero-order chi connectivity index (χ0) is 44.1. The van der Waals surface area contributed by atoms with Crippen LogP contribution in [0.3, 0.4) is 0 Å². The number of unbranched alkanes of at least 4 members (excludes halogenated alkanes) is 2. The fourth-order valence-corrected chi connectivity index (χ4v) is 8.36. The number of nitrogens with zero attached hydrogens (tertiary/aromatic N) is 3. The number of anilines is 1. The van der Waals surface area contributed by atoms with E-state index in [1.807, 2.05) is 13.0 Å². The number of halogens is 1. The van der Waals surface area contributed by atoms with Crippen molar-refractivity contribution in [3.05, 3.63) is 58.7 Å². The summed E-state index contributed by atoms with van der Waals surface area (Å²) in [4.78, 5) is 70.5. The lowest BCUT2D eigenvalue weighted by molar-refractivity contribution is -0.162. The van der Waals surface area contributed by atoms with E-state index in [0.29, 0.717) is 50.1 Å². The number of alkyl carbamates (subject to hydrolysis) is 1. The van der Waals surface area contributed by atoms with E-state index >= 15 is 0 Å². The molecule has 2 saturated heterocycles. The standard InChI is InChI=1S/C43H59ClN4O12/c1-25-14-12-15-32(57-8)43(55)24-31(58-41(54)45-43)26(2)39-42(4,60-39)33(23-37(52)47(6)29-21-28(20-25)22-30(56-7)38(29)44)59-40(53)27(3)46(5)34(49)16-10-9-11-19-48-35(50)17-13-18-36(48)51/h12-15,17,21-22,26-27,31-33,36,39,51,55H,9-11,16,18-20,23-24H2,1-8H3,(H,45,54). The van der Waals surface area contributed by atoms with Gasteiger partial charge in [0.1, 0.15) is 47.0 Å². The number of benzene rings is 1. The fourth-order valence-electron chi connectivity index (χ4n) is 8.05. The number of aliphatic hydroxyl groups excluding tert-OH is 1. The van der Waals surface area contributed by atoms with Crippen LogP contribution in [-0.2, 0) is 44.5 Å². The lowest BCUT2D eigenvalue weighted by atomic mass is 9.83. The van der Waals surface area contributed by atoms with Crippen molar-refractivity contribution in [1.82, 2.24) is 15.1 Å². The first-order valence-corrected chi connectivity index (χ1v) is 20.7. The third-order valence-corrected chi connectivity index (χ3v) is 12.4. The third-order valence-electron chi connectivity index (χ3n) is 12.1. The molecule has 0 spiro atoms. The number of hydrogen-bond acceptors (Lipinski definition) is 12. The Labute approximate surface area is 356 Å². The van der Waals surface area contributed by atoms with Crippen LogP contribution in [0.5, 0.6) is 5.75 Å². The van der Waals surface area contributed by atoms with Crippen molar-refractivity contribution in [1.29, 1.82) is 0 Å². The average molecular weight is 859 g/mol. The number of amides is 4. The molecule has 4 bridgehead atoms. The summed E-state index contributed by atoms with van der Waals surface area (Å²) in [6, 6.07) is 2.52. The van der Waals surface area contributed by atoms with E-state index < -0.39 is 71.9 Å². The predicted octanol–water partition coefficient (Wildman–Crippen LogP) is 4.18. The van der Waals surface area contributed by atoms with Gasteiger partial charge in [-0.15, -0.1) is 0 Å². The largest absolute Gasteiger partial charge is 0.495 e. The third kappa shape index (κ3) is 10.5. The second-order valence-corrected chi connectivity index (χ2v) is 16.7. The van der Waals surface area contributed by atoms with Crippen molar-refractivity contribution in [2.75, 3.05) is 39.8 Å². The minimum absolute atomic E-state index is 0.0722. The summed E-state index contributed by atoms with van der Waals surface area (Å²) >= 11 is 6.78. The molecule has 0 radical (unpaired) electrons. The molecule has 330 valence electrons. The first-order valence-electron chi connectivity index (χ1n) is 20.3. The van der Waals surface area contributed by atoms with Gasteiger partial charge < -0.3 is 48.6 Å². The van der Waals surface area contributed by atoms with Crippen molar-refractivity contribution in [3.63, 3.8) is 0 Å². The Morgan fingerprint density at radius 2 is 1.90 bits per heavy atom. The molecule has 4 aliphatic heterocycles. The molecule has 0 aliphatic carbocycles. The number of carbonyl (C=O) groups is 5. The number of aliphatic hydroxyl groups is 2. The Bertz CT molecular complexity index is 1890. The molecular weight excluding hydrogens is 800 g/mol. The van der Waals surface area contributed by atoms with Crippen molar-refractivity contribution >= 4 is 47.1 Å². The molecule has 4 aliphatic rings. The lowest BCUT2D eigenvalue weighted by Gasteiger charge is -2.42. The maximum Gasteiger partial charge on any atom is 0.409 e. The van der Waals surface area contributed by atoms with Crippen LogP contribution in [0.25, 0.3) is 0 Å². The number of allylic oxidation sites excluding steroid dienone is 3. The van der Waals surface area contributed by atoms with Gasteiger partial charge in [-0.05, 0) is 63.8 Å². The molecule has 5 rings (SSSR count). The summed E-state index contributed by atoms with van der Waals surface area (Å²) in [5.41, 5.74) is -1.03. The quantitative estimate of drug-likeness (QED) is 0.163. The highest BCUT2D eigenvalue weighted by Crippen LogP contribution is 2.49. The average Bonchev–Trinajstić information content (AvgIpc) is 3.90. The number of ether oxygens (including phenoxy) is 5. The van der Waals surface area contributed by atoms with Crippen molar-refractivity contribution in [2.24, 2.45) is 5.92 Å². The van der Waals surface area contributed by atoms with Gasteiger partial charge in [0.2, 0.25) is 17.7 Å². The number of esters is 1. The molecule has 1 aromatic carbocycles. The van der Waals surface area contributed by atoms with Crippen molar-refractivity contribution in [3.8, 4) is 5.75 Å². The highest BCUT2D eigenvalue weighted by molar-refractivity contribution is 6.35. The number of epoxide rings is 1. The summed E-state index contributed by atoms with van der Waals surface area (Å²) in [5.74, 6) is -1.97. The van der Waals surface area contributed by atoms with Gasteiger partial charge in [-0.3, -0.25) is 19.7 Å². The second-order valence-electron chi connectivity index (χ2n) is 16.4. The van der Waals surface area contributed by atoms with Gasteiger partial charge in [-0.1, -0.05) is 54.8 Å². The first-order chi connectivity index (χ1) is 28.3. The fraction of sp³-hybridized carbons (Fsp3) is 0.605. The van der Waals surface area contributed by atoms with Crippen LogP contribution in [0.15, 0.2) is 48.1 Å². The Kier molecular flexibility index (Phi) is 15.1. The van der Waals surface area contributed by atoms with E-state index in [1.165, 1.54) is 49.0 Å². The number of carbonyl (C=O) groups excluding carboxylic acids is 5. The molecule has 0 aromatic heterocycles. The Morgan fingerprint density at radius 1 is 1.17 bits per heavy atom. The normalized spacial score (nSPS) is 30.1. The zero-order valence-electron chi connectivity index (χ0n) is 35.6. The molecule has 60 heavy (non-hydrogen) atoms. The van der Waals surface area contributed by atoms with Crippen LogP contribution >= 0.6 is 11.6 Å². The molecule has 16 nitrogen and oxygen atoms in total. The van der Waals surface area contributed by atoms with Crippen molar-refractivity contribution < 1.29 is 57.9 Å². The first kappa shape index (κ1) is 46.6. The molecule has 9 unspecified atom stereocenters. The Hall–Kier alpha value is -4.48. The predicted molar refractivity (Wildman–Crippen MR) is 221 cm³/mol. The van der Waals surface area contributed by atoms with Crippen LogP contribution in [0.1, 0.15) is 78.2 Å².